The summed E-state index contributed by atoms with van der Waals surface area (Å²) in [6.45, 7) is 8.62. The second-order valence-electron chi connectivity index (χ2n) is 7.93. The van der Waals surface area contributed by atoms with Crippen LogP contribution in [0.5, 0.6) is 0 Å². The molecule has 3 aromatic carbocycles. The molecular weight excluding hydrogens is 505 g/mol. The van der Waals surface area contributed by atoms with Crippen LogP contribution in [0.3, 0.4) is 0 Å². The third-order valence-electron chi connectivity index (χ3n) is 5.21. The van der Waals surface area contributed by atoms with Crippen molar-refractivity contribution in [2.75, 3.05) is 6.54 Å². The van der Waals surface area contributed by atoms with E-state index < -0.39 is 10.0 Å². The Kier molecular flexibility index (Phi) is 7.37. The molecule has 0 aromatic heterocycles. The van der Waals surface area contributed by atoms with E-state index in [4.69, 9.17) is 0 Å². The van der Waals surface area contributed by atoms with Gasteiger partial charge in [-0.25, -0.2) is 8.42 Å². The van der Waals surface area contributed by atoms with Crippen molar-refractivity contribution >= 4 is 32.6 Å². The van der Waals surface area contributed by atoms with E-state index in [1.807, 2.05) is 63.2 Å². The number of rotatable bonds is 7. The van der Waals surface area contributed by atoms with Crippen LogP contribution < -0.4 is 0 Å². The number of hydrogen-bond acceptors (Lipinski definition) is 2. The molecule has 5 heteroatoms. The molecule has 0 fully saturated rings. The first-order chi connectivity index (χ1) is 14.2. The number of nitrogens with zero attached hydrogens (tertiary/aromatic N) is 1. The topological polar surface area (TPSA) is 37.4 Å². The van der Waals surface area contributed by atoms with Gasteiger partial charge in [0.05, 0.1) is 4.90 Å². The lowest BCUT2D eigenvalue weighted by atomic mass is 10.1. The van der Waals surface area contributed by atoms with Crippen molar-refractivity contribution in [3.63, 3.8) is 0 Å². The second kappa shape index (κ2) is 9.62. The summed E-state index contributed by atoms with van der Waals surface area (Å²) in [6.07, 6.45) is 0.676. The van der Waals surface area contributed by atoms with Crippen molar-refractivity contribution in [3.05, 3.63) is 97.6 Å². The fourth-order valence-electron chi connectivity index (χ4n) is 3.90. The van der Waals surface area contributed by atoms with Gasteiger partial charge in [0, 0.05) is 16.7 Å². The van der Waals surface area contributed by atoms with E-state index in [1.54, 1.807) is 4.31 Å². The highest BCUT2D eigenvalue weighted by atomic mass is 127. The van der Waals surface area contributed by atoms with E-state index in [2.05, 4.69) is 47.7 Å². The molecule has 0 aliphatic carbocycles. The summed E-state index contributed by atoms with van der Waals surface area (Å²) in [5, 5.41) is 0. The standard InChI is InChI=1S/C25H28INO2S/c1-18-6-5-7-22(16-18)12-13-27(17-23-8-10-24(26)11-9-23)30(28,29)25-20(3)14-19(2)15-21(25)4/h5-11,14-16H,12-13,17H2,1-4H3. The number of sulfonamides is 1. The van der Waals surface area contributed by atoms with Gasteiger partial charge in [0.2, 0.25) is 10.0 Å². The first kappa shape index (κ1) is 23.0. The van der Waals surface area contributed by atoms with E-state index in [0.29, 0.717) is 24.4 Å². The lowest BCUT2D eigenvalue weighted by Gasteiger charge is -2.25. The highest BCUT2D eigenvalue weighted by molar-refractivity contribution is 14.1. The molecule has 0 saturated carbocycles. The summed E-state index contributed by atoms with van der Waals surface area (Å²) in [7, 11) is -3.64. The maximum Gasteiger partial charge on any atom is 0.243 e. The van der Waals surface area contributed by atoms with Gasteiger partial charge in [0.15, 0.2) is 0 Å². The maximum atomic E-state index is 13.8. The molecule has 0 unspecified atom stereocenters. The van der Waals surface area contributed by atoms with Crippen LogP contribution in [0.2, 0.25) is 0 Å². The van der Waals surface area contributed by atoms with Crippen molar-refractivity contribution < 1.29 is 8.42 Å². The molecule has 0 heterocycles. The molecule has 158 valence electrons. The molecule has 3 nitrogen and oxygen atoms in total. The van der Waals surface area contributed by atoms with Gasteiger partial charge in [-0.05, 0) is 91.1 Å². The van der Waals surface area contributed by atoms with E-state index >= 15 is 0 Å². The molecule has 0 spiro atoms. The van der Waals surface area contributed by atoms with E-state index in [1.165, 1.54) is 5.56 Å². The molecule has 0 atom stereocenters. The largest absolute Gasteiger partial charge is 0.243 e. The van der Waals surface area contributed by atoms with Gasteiger partial charge in [-0.15, -0.1) is 0 Å². The van der Waals surface area contributed by atoms with Gasteiger partial charge in [-0.2, -0.15) is 4.31 Å². The van der Waals surface area contributed by atoms with Gasteiger partial charge in [0.25, 0.3) is 0 Å². The summed E-state index contributed by atoms with van der Waals surface area (Å²) in [5.41, 5.74) is 6.00. The predicted octanol–water partition coefficient (Wildman–Crippen LogP) is 5.96. The Bertz CT molecular complexity index is 1120. The minimum atomic E-state index is -3.64. The normalized spacial score (nSPS) is 11.8. The second-order valence-corrected chi connectivity index (χ2v) is 11.1. The molecule has 0 aliphatic heterocycles. The molecule has 0 amide bonds. The van der Waals surface area contributed by atoms with E-state index in [-0.39, 0.29) is 0 Å². The van der Waals surface area contributed by atoms with Crippen molar-refractivity contribution in [2.24, 2.45) is 0 Å². The Labute approximate surface area is 194 Å². The van der Waals surface area contributed by atoms with Crippen LogP contribution in [-0.2, 0) is 23.0 Å². The lowest BCUT2D eigenvalue weighted by molar-refractivity contribution is 0.409. The summed E-state index contributed by atoms with van der Waals surface area (Å²) in [5.74, 6) is 0. The average Bonchev–Trinajstić information content (AvgIpc) is 2.65. The van der Waals surface area contributed by atoms with Crippen LogP contribution >= 0.6 is 22.6 Å². The molecule has 0 aliphatic rings. The van der Waals surface area contributed by atoms with Crippen LogP contribution in [0.25, 0.3) is 0 Å². The first-order valence-corrected chi connectivity index (χ1v) is 12.6. The number of aryl methyl sites for hydroxylation is 4. The van der Waals surface area contributed by atoms with Crippen LogP contribution in [0.1, 0.15) is 33.4 Å². The van der Waals surface area contributed by atoms with Crippen LogP contribution in [0, 0.1) is 31.3 Å². The molecule has 30 heavy (non-hydrogen) atoms. The van der Waals surface area contributed by atoms with Gasteiger partial charge in [0.1, 0.15) is 0 Å². The molecule has 0 bridgehead atoms. The zero-order chi connectivity index (χ0) is 21.9. The third kappa shape index (κ3) is 5.50. The van der Waals surface area contributed by atoms with Crippen molar-refractivity contribution in [1.29, 1.82) is 0 Å². The maximum absolute atomic E-state index is 13.8. The summed E-state index contributed by atoms with van der Waals surface area (Å²) >= 11 is 2.26. The molecular formula is C25H28INO2S. The van der Waals surface area contributed by atoms with E-state index in [9.17, 15) is 8.42 Å². The Morgan fingerprint density at radius 3 is 2.03 bits per heavy atom. The Hall–Kier alpha value is -1.70. The minimum absolute atomic E-state index is 0.359. The number of benzene rings is 3. The molecule has 3 aromatic rings. The van der Waals surface area contributed by atoms with Gasteiger partial charge < -0.3 is 0 Å². The van der Waals surface area contributed by atoms with Crippen molar-refractivity contribution in [2.45, 2.75) is 45.6 Å². The van der Waals surface area contributed by atoms with Crippen LogP contribution in [-0.4, -0.2) is 19.3 Å². The molecule has 0 N–H and O–H groups in total. The number of hydrogen-bond donors (Lipinski definition) is 0. The highest BCUT2D eigenvalue weighted by Gasteiger charge is 2.28. The molecule has 0 radical (unpaired) electrons. The van der Waals surface area contributed by atoms with Crippen LogP contribution in [0.15, 0.2) is 65.6 Å². The minimum Gasteiger partial charge on any atom is -0.207 e. The van der Waals surface area contributed by atoms with Gasteiger partial charge >= 0.3 is 0 Å². The summed E-state index contributed by atoms with van der Waals surface area (Å²) < 4.78 is 30.3. The first-order valence-electron chi connectivity index (χ1n) is 10.0. The zero-order valence-corrected chi connectivity index (χ0v) is 20.9. The monoisotopic (exact) mass is 533 g/mol. The van der Waals surface area contributed by atoms with Gasteiger partial charge in [-0.3, -0.25) is 0 Å². The predicted molar refractivity (Wildman–Crippen MR) is 132 cm³/mol. The fraction of sp³-hybridized carbons (Fsp3) is 0.280. The smallest absolute Gasteiger partial charge is 0.207 e. The summed E-state index contributed by atoms with van der Waals surface area (Å²) in [6, 6.07) is 20.2. The quantitative estimate of drug-likeness (QED) is 0.352. The average molecular weight is 533 g/mol. The zero-order valence-electron chi connectivity index (χ0n) is 17.9. The highest BCUT2D eigenvalue weighted by Crippen LogP contribution is 2.27. The number of halogens is 1. The van der Waals surface area contributed by atoms with Gasteiger partial charge in [-0.1, -0.05) is 59.7 Å². The third-order valence-corrected chi connectivity index (χ3v) is 8.08. The lowest BCUT2D eigenvalue weighted by Crippen LogP contribution is -2.33. The van der Waals surface area contributed by atoms with E-state index in [0.717, 1.165) is 31.4 Å². The summed E-state index contributed by atoms with van der Waals surface area (Å²) in [4.78, 5) is 0.433. The fourth-order valence-corrected chi connectivity index (χ4v) is 6.10. The Morgan fingerprint density at radius 1 is 0.800 bits per heavy atom. The van der Waals surface area contributed by atoms with Crippen molar-refractivity contribution in [3.8, 4) is 0 Å². The Balaban J connectivity index is 1.97. The Morgan fingerprint density at radius 2 is 1.43 bits per heavy atom. The van der Waals surface area contributed by atoms with Crippen molar-refractivity contribution in [1.82, 2.24) is 4.31 Å². The van der Waals surface area contributed by atoms with Crippen LogP contribution in [0.4, 0.5) is 0 Å². The SMILES string of the molecule is Cc1cccc(CCN(Cc2ccc(I)cc2)S(=O)(=O)c2c(C)cc(C)cc2C)c1. The molecule has 0 saturated heterocycles. The molecule has 3 rings (SSSR count).